The molecular weight excluding hydrogens is 356 g/mol. The molecule has 134 valence electrons. The first-order valence-corrected chi connectivity index (χ1v) is 9.79. The van der Waals surface area contributed by atoms with Gasteiger partial charge in [0.1, 0.15) is 17.7 Å². The van der Waals surface area contributed by atoms with Crippen LogP contribution in [-0.4, -0.2) is 27.6 Å². The minimum atomic E-state index is -0.191. The number of hydrogen-bond donors (Lipinski definition) is 2. The zero-order valence-electron chi connectivity index (χ0n) is 14.5. The molecule has 6 nitrogen and oxygen atoms in total. The highest BCUT2D eigenvalue weighted by Gasteiger charge is 2.30. The van der Waals surface area contributed by atoms with E-state index < -0.39 is 0 Å². The summed E-state index contributed by atoms with van der Waals surface area (Å²) in [6, 6.07) is 12.1. The van der Waals surface area contributed by atoms with E-state index in [1.54, 1.807) is 23.7 Å². The van der Waals surface area contributed by atoms with Gasteiger partial charge >= 0.3 is 0 Å². The molecule has 27 heavy (non-hydrogen) atoms. The van der Waals surface area contributed by atoms with Crippen molar-refractivity contribution in [3.8, 4) is 0 Å². The molecule has 0 spiro atoms. The summed E-state index contributed by atoms with van der Waals surface area (Å²) in [7, 11) is 0. The van der Waals surface area contributed by atoms with Gasteiger partial charge in [0.15, 0.2) is 5.82 Å². The zero-order valence-corrected chi connectivity index (χ0v) is 15.4. The Kier molecular flexibility index (Phi) is 3.94. The number of pyridine rings is 2. The Labute approximate surface area is 160 Å². The molecule has 0 saturated heterocycles. The van der Waals surface area contributed by atoms with Gasteiger partial charge in [-0.15, -0.1) is 11.3 Å². The molecule has 5 rings (SSSR count). The maximum atomic E-state index is 5.93. The van der Waals surface area contributed by atoms with Crippen LogP contribution in [-0.2, 0) is 0 Å². The van der Waals surface area contributed by atoms with Crippen molar-refractivity contribution in [2.45, 2.75) is 24.9 Å². The normalized spacial score (nSPS) is 18.9. The quantitative estimate of drug-likeness (QED) is 0.734. The van der Waals surface area contributed by atoms with Gasteiger partial charge in [0.2, 0.25) is 0 Å². The number of nitrogen functional groups attached to an aromatic ring is 1. The Hall–Kier alpha value is -3.06. The molecular formula is C20H18N6S. The van der Waals surface area contributed by atoms with E-state index in [0.29, 0.717) is 17.7 Å². The molecule has 1 aliphatic carbocycles. The first kappa shape index (κ1) is 16.1. The van der Waals surface area contributed by atoms with Crippen molar-refractivity contribution in [1.82, 2.24) is 15.3 Å². The topological polar surface area (TPSA) is 88.5 Å². The Morgan fingerprint density at radius 2 is 2.00 bits per heavy atom. The summed E-state index contributed by atoms with van der Waals surface area (Å²) in [5, 5.41) is 5.64. The van der Waals surface area contributed by atoms with E-state index in [1.165, 1.54) is 12.8 Å². The molecule has 0 bridgehead atoms. The third kappa shape index (κ3) is 3.21. The molecule has 2 aliphatic rings. The minimum absolute atomic E-state index is 0.191. The van der Waals surface area contributed by atoms with Crippen LogP contribution >= 0.6 is 11.3 Å². The van der Waals surface area contributed by atoms with Gasteiger partial charge in [0.05, 0.1) is 5.71 Å². The SMILES string of the molecule is Nc1cc(C2=NC(c3cccs3)C(NC3CC3)=Nc3ncccc32)ccn1. The Morgan fingerprint density at radius 1 is 1.07 bits per heavy atom. The van der Waals surface area contributed by atoms with E-state index in [2.05, 4.69) is 26.7 Å². The molecule has 1 fully saturated rings. The number of thiophene rings is 1. The lowest BCUT2D eigenvalue weighted by Crippen LogP contribution is -2.30. The summed E-state index contributed by atoms with van der Waals surface area (Å²) in [5.41, 5.74) is 8.59. The monoisotopic (exact) mass is 374 g/mol. The highest BCUT2D eigenvalue weighted by molar-refractivity contribution is 7.10. The number of hydrogen-bond acceptors (Lipinski definition) is 7. The standard InChI is InChI=1S/C20H18N6S/c21-16-11-12(7-9-22-16)17-14-3-1-8-23-19(14)26-20(24-13-5-6-13)18(25-17)15-4-2-10-27-15/h1-4,7-11,13,18H,5-6H2,(H2,21,22)(H,23,24,26). The molecule has 0 radical (unpaired) electrons. The van der Waals surface area contributed by atoms with Gasteiger partial charge in [-0.05, 0) is 48.6 Å². The number of fused-ring (bicyclic) bond motifs is 1. The Morgan fingerprint density at radius 3 is 2.78 bits per heavy atom. The Bertz CT molecular complexity index is 1040. The average molecular weight is 374 g/mol. The summed E-state index contributed by atoms with van der Waals surface area (Å²) in [4.78, 5) is 19.8. The number of rotatable bonds is 3. The van der Waals surface area contributed by atoms with Gasteiger partial charge in [-0.25, -0.2) is 15.0 Å². The van der Waals surface area contributed by atoms with Crippen LogP contribution < -0.4 is 11.1 Å². The van der Waals surface area contributed by atoms with Gasteiger partial charge in [-0.3, -0.25) is 4.99 Å². The summed E-state index contributed by atoms with van der Waals surface area (Å²) in [6.07, 6.45) is 5.81. The van der Waals surface area contributed by atoms with Gasteiger partial charge in [-0.1, -0.05) is 6.07 Å². The second-order valence-corrected chi connectivity index (χ2v) is 7.63. The van der Waals surface area contributed by atoms with E-state index in [0.717, 1.165) is 27.6 Å². The number of nitrogens with one attached hydrogen (secondary N) is 1. The second kappa shape index (κ2) is 6.59. The van der Waals surface area contributed by atoms with Gasteiger partial charge in [0, 0.05) is 34.4 Å². The summed E-state index contributed by atoms with van der Waals surface area (Å²) in [5.74, 6) is 2.00. The fourth-order valence-corrected chi connectivity index (χ4v) is 3.89. The second-order valence-electron chi connectivity index (χ2n) is 6.66. The molecule has 1 saturated carbocycles. The van der Waals surface area contributed by atoms with Crippen molar-refractivity contribution in [3.63, 3.8) is 0 Å². The molecule has 1 unspecified atom stereocenters. The van der Waals surface area contributed by atoms with Gasteiger partial charge < -0.3 is 11.1 Å². The van der Waals surface area contributed by atoms with Crippen molar-refractivity contribution >= 4 is 34.5 Å². The number of amidine groups is 1. The molecule has 3 N–H and O–H groups in total. The highest BCUT2D eigenvalue weighted by Crippen LogP contribution is 2.33. The van der Waals surface area contributed by atoms with Gasteiger partial charge in [-0.2, -0.15) is 0 Å². The molecule has 4 heterocycles. The number of aromatic nitrogens is 2. The van der Waals surface area contributed by atoms with Crippen molar-refractivity contribution < 1.29 is 0 Å². The van der Waals surface area contributed by atoms with Crippen LogP contribution in [0.2, 0.25) is 0 Å². The van der Waals surface area contributed by atoms with Crippen LogP contribution in [0.5, 0.6) is 0 Å². The molecule has 3 aromatic heterocycles. The average Bonchev–Trinajstić information content (AvgIpc) is 3.37. The van der Waals surface area contributed by atoms with Crippen LogP contribution in [0.3, 0.4) is 0 Å². The van der Waals surface area contributed by atoms with E-state index in [4.69, 9.17) is 15.7 Å². The van der Waals surface area contributed by atoms with Crippen LogP contribution in [0.4, 0.5) is 11.6 Å². The maximum absolute atomic E-state index is 5.93. The molecule has 7 heteroatoms. The van der Waals surface area contributed by atoms with Crippen molar-refractivity contribution in [1.29, 1.82) is 0 Å². The molecule has 0 amide bonds. The summed E-state index contributed by atoms with van der Waals surface area (Å²) in [6.45, 7) is 0. The van der Waals surface area contributed by atoms with E-state index in [9.17, 15) is 0 Å². The largest absolute Gasteiger partial charge is 0.384 e. The van der Waals surface area contributed by atoms with Crippen molar-refractivity contribution in [2.24, 2.45) is 9.98 Å². The fourth-order valence-electron chi connectivity index (χ4n) is 3.12. The molecule has 1 aliphatic heterocycles. The molecule has 1 atom stereocenters. The smallest absolute Gasteiger partial charge is 0.163 e. The van der Waals surface area contributed by atoms with Crippen LogP contribution in [0.25, 0.3) is 0 Å². The highest BCUT2D eigenvalue weighted by atomic mass is 32.1. The lowest BCUT2D eigenvalue weighted by molar-refractivity contribution is 0.836. The first-order valence-electron chi connectivity index (χ1n) is 8.91. The molecule has 3 aromatic rings. The zero-order chi connectivity index (χ0) is 18.2. The number of aliphatic imine (C=N–C) groups is 2. The first-order chi connectivity index (χ1) is 13.3. The summed E-state index contributed by atoms with van der Waals surface area (Å²) < 4.78 is 0. The fraction of sp³-hybridized carbons (Fsp3) is 0.200. The lowest BCUT2D eigenvalue weighted by Gasteiger charge is -2.15. The van der Waals surface area contributed by atoms with Crippen molar-refractivity contribution in [3.05, 3.63) is 70.2 Å². The lowest BCUT2D eigenvalue weighted by atomic mass is 10.0. The predicted octanol–water partition coefficient (Wildman–Crippen LogP) is 3.49. The van der Waals surface area contributed by atoms with Crippen LogP contribution in [0, 0.1) is 0 Å². The third-order valence-corrected chi connectivity index (χ3v) is 5.51. The number of anilines is 1. The predicted molar refractivity (Wildman–Crippen MR) is 109 cm³/mol. The van der Waals surface area contributed by atoms with Crippen LogP contribution in [0.15, 0.2) is 64.2 Å². The summed E-state index contributed by atoms with van der Waals surface area (Å²) >= 11 is 1.68. The minimum Gasteiger partial charge on any atom is -0.384 e. The van der Waals surface area contributed by atoms with E-state index >= 15 is 0 Å². The molecule has 0 aromatic carbocycles. The van der Waals surface area contributed by atoms with E-state index in [-0.39, 0.29) is 6.04 Å². The van der Waals surface area contributed by atoms with Crippen LogP contribution in [0.1, 0.15) is 34.9 Å². The van der Waals surface area contributed by atoms with E-state index in [1.807, 2.05) is 30.3 Å². The maximum Gasteiger partial charge on any atom is 0.163 e. The number of nitrogens with zero attached hydrogens (tertiary/aromatic N) is 4. The van der Waals surface area contributed by atoms with Crippen molar-refractivity contribution in [2.75, 3.05) is 5.73 Å². The van der Waals surface area contributed by atoms with Gasteiger partial charge in [0.25, 0.3) is 0 Å². The number of nitrogens with two attached hydrogens (primary N) is 1. The Balaban J connectivity index is 1.71. The third-order valence-electron chi connectivity index (χ3n) is 4.58.